The van der Waals surface area contributed by atoms with Gasteiger partial charge in [-0.2, -0.15) is 5.10 Å². The van der Waals surface area contributed by atoms with Crippen LogP contribution in [-0.4, -0.2) is 45.1 Å². The van der Waals surface area contributed by atoms with Crippen LogP contribution < -0.4 is 9.47 Å². The van der Waals surface area contributed by atoms with Gasteiger partial charge in [-0.15, -0.1) is 0 Å². The van der Waals surface area contributed by atoms with Gasteiger partial charge in [0.15, 0.2) is 5.78 Å². The number of Topliss-reactive ketones (excluding diaryl/α,β-unsaturated/α-hetero) is 1. The number of rotatable bonds is 6. The second kappa shape index (κ2) is 9.66. The van der Waals surface area contributed by atoms with E-state index in [4.69, 9.17) is 14.5 Å². The van der Waals surface area contributed by atoms with E-state index >= 15 is 0 Å². The highest BCUT2D eigenvalue weighted by Gasteiger charge is 2.55. The van der Waals surface area contributed by atoms with Crippen LogP contribution >= 0.6 is 0 Å². The Kier molecular flexibility index (Phi) is 6.21. The van der Waals surface area contributed by atoms with Crippen molar-refractivity contribution in [1.29, 1.82) is 0 Å². The van der Waals surface area contributed by atoms with Gasteiger partial charge in [0, 0.05) is 23.9 Å². The maximum Gasteiger partial charge on any atom is 0.185 e. The van der Waals surface area contributed by atoms with E-state index in [-0.39, 0.29) is 28.6 Å². The van der Waals surface area contributed by atoms with E-state index in [9.17, 15) is 15.0 Å². The molecule has 41 heavy (non-hydrogen) atoms. The van der Waals surface area contributed by atoms with Gasteiger partial charge in [-0.25, -0.2) is 4.68 Å². The highest BCUT2D eigenvalue weighted by atomic mass is 16.5. The molecule has 208 valence electrons. The predicted molar refractivity (Wildman–Crippen MR) is 157 cm³/mol. The van der Waals surface area contributed by atoms with E-state index in [0.29, 0.717) is 52.5 Å². The van der Waals surface area contributed by atoms with Gasteiger partial charge in [0.05, 0.1) is 40.9 Å². The van der Waals surface area contributed by atoms with Crippen molar-refractivity contribution < 1.29 is 24.5 Å². The van der Waals surface area contributed by atoms with E-state index in [1.165, 1.54) is 0 Å². The lowest BCUT2D eigenvalue weighted by Crippen LogP contribution is -2.36. The summed E-state index contributed by atoms with van der Waals surface area (Å²) in [5.41, 5.74) is 3.84. The van der Waals surface area contributed by atoms with E-state index in [0.717, 1.165) is 17.0 Å². The van der Waals surface area contributed by atoms with Gasteiger partial charge in [-0.05, 0) is 63.9 Å². The number of hydrogen-bond donors (Lipinski definition) is 2. The first kappa shape index (κ1) is 26.4. The largest absolute Gasteiger partial charge is 0.507 e. The average molecular weight is 550 g/mol. The van der Waals surface area contributed by atoms with E-state index in [1.807, 2.05) is 67.6 Å². The number of aromatic nitrogens is 2. The standard InChI is InChI=1S/C33H31N3O5/c1-18-29(37)27(19(2)34-16-15-21-11-13-23(40-5)14-12-21)31-28(30(18)38)33(4)25(41-31)17-24-26(32(33)39)20(3)35-36(24)22-9-7-6-8-10-22/h6-14,17,37-38H,15-16H2,1-5H3. The Morgan fingerprint density at radius 3 is 2.46 bits per heavy atom. The molecule has 2 heterocycles. The SMILES string of the molecule is COc1ccc(CCN=C(C)c2c(O)c(C)c(O)c3c2OC2=Cc4c(c(C)nn4-c4ccccc4)C(=O)C23C)cc1. The molecule has 0 fully saturated rings. The number of hydrogen-bond acceptors (Lipinski definition) is 7. The average Bonchev–Trinajstić information content (AvgIpc) is 3.47. The molecule has 1 atom stereocenters. The lowest BCUT2D eigenvalue weighted by atomic mass is 9.71. The number of fused-ring (bicyclic) bond motifs is 4. The first-order valence-electron chi connectivity index (χ1n) is 13.5. The third-order valence-corrected chi connectivity index (χ3v) is 8.16. The summed E-state index contributed by atoms with van der Waals surface area (Å²) in [6, 6.07) is 17.4. The van der Waals surface area contributed by atoms with Crippen molar-refractivity contribution in [3.05, 3.63) is 99.6 Å². The van der Waals surface area contributed by atoms with Crippen LogP contribution in [0.4, 0.5) is 0 Å². The Bertz CT molecular complexity index is 1770. The number of phenolic OH excluding ortho intramolecular Hbond substituents is 2. The van der Waals surface area contributed by atoms with Crippen LogP contribution in [0, 0.1) is 13.8 Å². The van der Waals surface area contributed by atoms with Crippen LogP contribution in [0.1, 0.15) is 57.8 Å². The molecule has 1 aliphatic heterocycles. The van der Waals surface area contributed by atoms with Gasteiger partial charge < -0.3 is 19.7 Å². The van der Waals surface area contributed by atoms with Gasteiger partial charge in [-0.1, -0.05) is 30.3 Å². The Hall–Kier alpha value is -4.85. The summed E-state index contributed by atoms with van der Waals surface area (Å²) in [6.07, 6.45) is 2.50. The van der Waals surface area contributed by atoms with Gasteiger partial charge in [0.2, 0.25) is 0 Å². The van der Waals surface area contributed by atoms with E-state index in [2.05, 4.69) is 5.10 Å². The van der Waals surface area contributed by atoms with E-state index in [1.54, 1.807) is 32.6 Å². The molecule has 4 aromatic rings. The molecule has 1 unspecified atom stereocenters. The molecule has 0 saturated carbocycles. The fraction of sp³-hybridized carbons (Fsp3) is 0.242. The third kappa shape index (κ3) is 3.93. The van der Waals surface area contributed by atoms with Crippen LogP contribution in [0.2, 0.25) is 0 Å². The molecular weight excluding hydrogens is 518 g/mol. The Balaban J connectivity index is 1.43. The van der Waals surface area contributed by atoms with Crippen molar-refractivity contribution in [2.75, 3.05) is 13.7 Å². The number of benzene rings is 3. The first-order chi connectivity index (χ1) is 19.7. The maximum atomic E-state index is 14.3. The number of aromatic hydroxyl groups is 2. The number of carbonyl (C=O) groups excluding carboxylic acids is 1. The highest BCUT2D eigenvalue weighted by Crippen LogP contribution is 2.58. The number of nitrogens with zero attached hydrogens (tertiary/aromatic N) is 3. The zero-order valence-corrected chi connectivity index (χ0v) is 23.6. The van der Waals surface area contributed by atoms with Crippen molar-refractivity contribution in [3.63, 3.8) is 0 Å². The zero-order chi connectivity index (χ0) is 29.1. The van der Waals surface area contributed by atoms with Crippen molar-refractivity contribution >= 4 is 17.6 Å². The van der Waals surface area contributed by atoms with Crippen LogP contribution in [-0.2, 0) is 11.8 Å². The molecule has 0 spiro atoms. The Morgan fingerprint density at radius 2 is 1.78 bits per heavy atom. The lowest BCUT2D eigenvalue weighted by Gasteiger charge is -2.27. The minimum absolute atomic E-state index is 0.119. The summed E-state index contributed by atoms with van der Waals surface area (Å²) in [7, 11) is 1.63. The number of phenols is 2. The van der Waals surface area contributed by atoms with Gasteiger partial charge in [-0.3, -0.25) is 9.79 Å². The minimum Gasteiger partial charge on any atom is -0.507 e. The molecule has 1 aromatic heterocycles. The quantitative estimate of drug-likeness (QED) is 0.292. The fourth-order valence-corrected chi connectivity index (χ4v) is 5.79. The summed E-state index contributed by atoms with van der Waals surface area (Å²) in [4.78, 5) is 19.0. The summed E-state index contributed by atoms with van der Waals surface area (Å²) >= 11 is 0. The fourth-order valence-electron chi connectivity index (χ4n) is 5.79. The second-order valence-corrected chi connectivity index (χ2v) is 10.6. The number of allylic oxidation sites excluding steroid dienone is 1. The molecular formula is C33H31N3O5. The molecule has 6 rings (SSSR count). The number of para-hydroxylation sites is 1. The van der Waals surface area contributed by atoms with Gasteiger partial charge >= 0.3 is 0 Å². The van der Waals surface area contributed by atoms with Crippen LogP contribution in [0.5, 0.6) is 23.0 Å². The molecule has 0 saturated heterocycles. The second-order valence-electron chi connectivity index (χ2n) is 10.6. The smallest absolute Gasteiger partial charge is 0.185 e. The Morgan fingerprint density at radius 1 is 1.07 bits per heavy atom. The monoisotopic (exact) mass is 549 g/mol. The molecule has 3 aromatic carbocycles. The highest BCUT2D eigenvalue weighted by molar-refractivity contribution is 6.15. The topological polar surface area (TPSA) is 106 Å². The zero-order valence-electron chi connectivity index (χ0n) is 23.6. The van der Waals surface area contributed by atoms with Crippen LogP contribution in [0.25, 0.3) is 11.8 Å². The van der Waals surface area contributed by atoms with Crippen molar-refractivity contribution in [2.45, 2.75) is 39.5 Å². The van der Waals surface area contributed by atoms with Crippen molar-refractivity contribution in [3.8, 4) is 28.7 Å². The number of aryl methyl sites for hydroxylation is 1. The number of carbonyl (C=O) groups is 1. The third-order valence-electron chi connectivity index (χ3n) is 8.16. The van der Waals surface area contributed by atoms with Gasteiger partial charge in [0.25, 0.3) is 0 Å². The van der Waals surface area contributed by atoms with Crippen molar-refractivity contribution in [2.24, 2.45) is 4.99 Å². The van der Waals surface area contributed by atoms with E-state index < -0.39 is 5.41 Å². The predicted octanol–water partition coefficient (Wildman–Crippen LogP) is 5.85. The molecule has 1 aliphatic carbocycles. The summed E-state index contributed by atoms with van der Waals surface area (Å²) < 4.78 is 13.3. The molecule has 8 heteroatoms. The summed E-state index contributed by atoms with van der Waals surface area (Å²) in [6.45, 7) is 7.47. The van der Waals surface area contributed by atoms with Crippen LogP contribution in [0.15, 0.2) is 65.3 Å². The van der Waals surface area contributed by atoms with Gasteiger partial charge in [0.1, 0.15) is 34.2 Å². The Labute approximate surface area is 238 Å². The molecule has 8 nitrogen and oxygen atoms in total. The number of aliphatic imine (C=N–C) groups is 1. The van der Waals surface area contributed by atoms with Crippen molar-refractivity contribution in [1.82, 2.24) is 9.78 Å². The number of methoxy groups -OCH3 is 1. The molecule has 0 bridgehead atoms. The maximum absolute atomic E-state index is 14.3. The number of ketones is 1. The lowest BCUT2D eigenvalue weighted by molar-refractivity contribution is 0.0905. The minimum atomic E-state index is -1.29. The molecule has 0 amide bonds. The van der Waals surface area contributed by atoms with Crippen LogP contribution in [0.3, 0.4) is 0 Å². The first-order valence-corrected chi connectivity index (χ1v) is 13.5. The normalized spacial score (nSPS) is 17.4. The molecule has 2 N–H and O–H groups in total. The molecule has 0 radical (unpaired) electrons. The number of ether oxygens (including phenoxy) is 2. The molecule has 2 aliphatic rings. The summed E-state index contributed by atoms with van der Waals surface area (Å²) in [5.74, 6) is 0.909. The summed E-state index contributed by atoms with van der Waals surface area (Å²) in [5, 5.41) is 27.2.